The summed E-state index contributed by atoms with van der Waals surface area (Å²) in [6, 6.07) is 1.00. The summed E-state index contributed by atoms with van der Waals surface area (Å²) in [7, 11) is 0. The minimum Gasteiger partial charge on any atom is -0.327 e. The predicted octanol–water partition coefficient (Wildman–Crippen LogP) is 1.29. The Kier molecular flexibility index (Phi) is 2.81. The second kappa shape index (κ2) is 4.07. The molecule has 1 fully saturated rings. The number of hydrogen-bond acceptors (Lipinski definition) is 2. The van der Waals surface area contributed by atoms with E-state index in [0.29, 0.717) is 12.1 Å². The molecular weight excluding hydrogens is 160 g/mol. The molecule has 1 aliphatic heterocycles. The minimum atomic E-state index is 0.396. The molecule has 0 bridgehead atoms. The lowest BCUT2D eigenvalue weighted by Crippen LogP contribution is -2.47. The van der Waals surface area contributed by atoms with Gasteiger partial charge in [-0.25, -0.2) is 0 Å². The molecule has 13 heavy (non-hydrogen) atoms. The van der Waals surface area contributed by atoms with Crippen LogP contribution in [0, 0.1) is 0 Å². The fourth-order valence-electron chi connectivity index (χ4n) is 2.18. The molecule has 2 N–H and O–H groups in total. The lowest BCUT2D eigenvalue weighted by atomic mass is 10.0. The van der Waals surface area contributed by atoms with Crippen molar-refractivity contribution < 1.29 is 0 Å². The fraction of sp³-hybridized carbons (Fsp3) is 0.636. The summed E-state index contributed by atoms with van der Waals surface area (Å²) in [5.41, 5.74) is 5.95. The van der Waals surface area contributed by atoms with Gasteiger partial charge in [0.15, 0.2) is 0 Å². The highest BCUT2D eigenvalue weighted by molar-refractivity contribution is 5.14. The van der Waals surface area contributed by atoms with E-state index < -0.39 is 0 Å². The van der Waals surface area contributed by atoms with Gasteiger partial charge < -0.3 is 5.73 Å². The van der Waals surface area contributed by atoms with E-state index in [9.17, 15) is 0 Å². The van der Waals surface area contributed by atoms with Crippen LogP contribution in [0.15, 0.2) is 24.3 Å². The number of nitrogens with zero attached hydrogens (tertiary/aromatic N) is 1. The van der Waals surface area contributed by atoms with E-state index in [1.807, 2.05) is 0 Å². The van der Waals surface area contributed by atoms with Gasteiger partial charge in [-0.3, -0.25) is 4.90 Å². The molecule has 2 aliphatic rings. The van der Waals surface area contributed by atoms with Gasteiger partial charge in [0, 0.05) is 18.6 Å². The van der Waals surface area contributed by atoms with E-state index in [1.54, 1.807) is 0 Å². The highest BCUT2D eigenvalue weighted by Gasteiger charge is 2.21. The summed E-state index contributed by atoms with van der Waals surface area (Å²) in [6.07, 6.45) is 12.4. The Morgan fingerprint density at radius 3 is 2.92 bits per heavy atom. The van der Waals surface area contributed by atoms with Gasteiger partial charge in [-0.15, -0.1) is 0 Å². The van der Waals surface area contributed by atoms with Gasteiger partial charge in [0.1, 0.15) is 0 Å². The lowest BCUT2D eigenvalue weighted by Gasteiger charge is -2.36. The van der Waals surface area contributed by atoms with Gasteiger partial charge in [0.05, 0.1) is 0 Å². The largest absolute Gasteiger partial charge is 0.327 e. The predicted molar refractivity (Wildman–Crippen MR) is 55.5 cm³/mol. The monoisotopic (exact) mass is 178 g/mol. The number of allylic oxidation sites excluding steroid dienone is 2. The molecule has 0 amide bonds. The summed E-state index contributed by atoms with van der Waals surface area (Å²) < 4.78 is 0. The van der Waals surface area contributed by atoms with Crippen LogP contribution in [0.5, 0.6) is 0 Å². The van der Waals surface area contributed by atoms with Crippen molar-refractivity contribution >= 4 is 0 Å². The first kappa shape index (κ1) is 8.97. The van der Waals surface area contributed by atoms with Gasteiger partial charge in [0.25, 0.3) is 0 Å². The summed E-state index contributed by atoms with van der Waals surface area (Å²) in [4.78, 5) is 2.51. The Hall–Kier alpha value is -0.600. The summed E-state index contributed by atoms with van der Waals surface area (Å²) >= 11 is 0. The summed E-state index contributed by atoms with van der Waals surface area (Å²) in [5, 5.41) is 0. The maximum Gasteiger partial charge on any atom is 0.0316 e. The normalized spacial score (nSPS) is 35.2. The van der Waals surface area contributed by atoms with Crippen molar-refractivity contribution in [3.05, 3.63) is 24.3 Å². The van der Waals surface area contributed by atoms with Crippen LogP contribution in [0.2, 0.25) is 0 Å². The molecular formula is C11H18N2. The maximum atomic E-state index is 5.95. The second-order valence-electron chi connectivity index (χ2n) is 4.01. The smallest absolute Gasteiger partial charge is 0.0316 e. The Bertz CT molecular complexity index is 220. The van der Waals surface area contributed by atoms with E-state index in [0.717, 1.165) is 13.0 Å². The molecule has 0 aromatic rings. The molecule has 0 saturated carbocycles. The Morgan fingerprint density at radius 1 is 1.31 bits per heavy atom. The number of nitrogens with two attached hydrogens (primary N) is 1. The molecule has 2 atom stereocenters. The third-order valence-corrected chi connectivity index (χ3v) is 2.92. The highest BCUT2D eigenvalue weighted by Crippen LogP contribution is 2.17. The molecule has 1 aliphatic carbocycles. The van der Waals surface area contributed by atoms with E-state index in [4.69, 9.17) is 5.73 Å². The van der Waals surface area contributed by atoms with Crippen LogP contribution in [-0.4, -0.2) is 30.1 Å². The second-order valence-corrected chi connectivity index (χ2v) is 4.01. The topological polar surface area (TPSA) is 29.3 Å². The number of piperidine rings is 1. The summed E-state index contributed by atoms with van der Waals surface area (Å²) in [5.74, 6) is 0. The molecule has 0 radical (unpaired) electrons. The molecule has 2 unspecified atom stereocenters. The Morgan fingerprint density at radius 2 is 2.23 bits per heavy atom. The standard InChI is InChI=1S/C11H18N2/c12-10-5-4-8-13(9-10)11-6-2-1-3-7-11/h1-3,6,10-11H,4-5,7-9,12H2. The molecule has 72 valence electrons. The van der Waals surface area contributed by atoms with Gasteiger partial charge in [0.2, 0.25) is 0 Å². The van der Waals surface area contributed by atoms with Crippen LogP contribution < -0.4 is 5.73 Å². The van der Waals surface area contributed by atoms with Crippen LogP contribution in [0.1, 0.15) is 19.3 Å². The Balaban J connectivity index is 1.92. The third-order valence-electron chi connectivity index (χ3n) is 2.92. The van der Waals surface area contributed by atoms with Crippen LogP contribution in [0.4, 0.5) is 0 Å². The molecule has 0 aromatic heterocycles. The molecule has 2 heteroatoms. The van der Waals surface area contributed by atoms with Crippen molar-refractivity contribution in [3.63, 3.8) is 0 Å². The van der Waals surface area contributed by atoms with Gasteiger partial charge in [-0.2, -0.15) is 0 Å². The highest BCUT2D eigenvalue weighted by atomic mass is 15.2. The van der Waals surface area contributed by atoms with Gasteiger partial charge >= 0.3 is 0 Å². The first-order chi connectivity index (χ1) is 6.36. The van der Waals surface area contributed by atoms with Crippen LogP contribution in [-0.2, 0) is 0 Å². The average molecular weight is 178 g/mol. The van der Waals surface area contributed by atoms with Crippen LogP contribution in [0.25, 0.3) is 0 Å². The Labute approximate surface area is 80.1 Å². The zero-order valence-electron chi connectivity index (χ0n) is 8.02. The van der Waals surface area contributed by atoms with E-state index in [-0.39, 0.29) is 0 Å². The third kappa shape index (κ3) is 2.20. The van der Waals surface area contributed by atoms with E-state index in [1.165, 1.54) is 19.4 Å². The number of hydrogen-bond donors (Lipinski definition) is 1. The number of likely N-dealkylation sites (tertiary alicyclic amines) is 1. The van der Waals surface area contributed by atoms with Crippen molar-refractivity contribution in [2.45, 2.75) is 31.3 Å². The molecule has 2 rings (SSSR count). The molecule has 0 spiro atoms. The van der Waals surface area contributed by atoms with Crippen molar-refractivity contribution in [2.75, 3.05) is 13.1 Å². The zero-order chi connectivity index (χ0) is 9.10. The molecule has 0 aromatic carbocycles. The van der Waals surface area contributed by atoms with Gasteiger partial charge in [-0.05, 0) is 25.8 Å². The minimum absolute atomic E-state index is 0.396. The van der Waals surface area contributed by atoms with Crippen molar-refractivity contribution in [1.29, 1.82) is 0 Å². The number of rotatable bonds is 1. The van der Waals surface area contributed by atoms with Crippen LogP contribution in [0.3, 0.4) is 0 Å². The van der Waals surface area contributed by atoms with E-state index >= 15 is 0 Å². The first-order valence-electron chi connectivity index (χ1n) is 5.19. The van der Waals surface area contributed by atoms with Crippen molar-refractivity contribution in [3.8, 4) is 0 Å². The maximum absolute atomic E-state index is 5.95. The van der Waals surface area contributed by atoms with Gasteiger partial charge in [-0.1, -0.05) is 24.3 Å². The van der Waals surface area contributed by atoms with Crippen LogP contribution >= 0.6 is 0 Å². The fourth-order valence-corrected chi connectivity index (χ4v) is 2.18. The molecule has 1 saturated heterocycles. The first-order valence-corrected chi connectivity index (χ1v) is 5.19. The molecule has 2 nitrogen and oxygen atoms in total. The average Bonchev–Trinajstić information content (AvgIpc) is 2.19. The SMILES string of the molecule is NC1CCCN(C2C=CC=CC2)C1. The quantitative estimate of drug-likeness (QED) is 0.655. The lowest BCUT2D eigenvalue weighted by molar-refractivity contribution is 0.174. The van der Waals surface area contributed by atoms with Crippen molar-refractivity contribution in [1.82, 2.24) is 4.90 Å². The van der Waals surface area contributed by atoms with E-state index in [2.05, 4.69) is 29.2 Å². The zero-order valence-corrected chi connectivity index (χ0v) is 8.02. The molecule has 1 heterocycles. The summed E-state index contributed by atoms with van der Waals surface area (Å²) in [6.45, 7) is 2.29. The van der Waals surface area contributed by atoms with Crippen molar-refractivity contribution in [2.24, 2.45) is 5.73 Å².